The second kappa shape index (κ2) is 6.75. The average Bonchev–Trinajstić information content (AvgIpc) is 2.52. The molecular weight excluding hydrogens is 262 g/mol. The minimum Gasteiger partial charge on any atom is -0.496 e. The molecule has 0 radical (unpaired) electrons. The van der Waals surface area contributed by atoms with Crippen molar-refractivity contribution in [2.24, 2.45) is 0 Å². The van der Waals surface area contributed by atoms with Crippen LogP contribution in [-0.2, 0) is 0 Å². The first kappa shape index (κ1) is 14.9. The Balaban J connectivity index is 2.28. The van der Waals surface area contributed by atoms with Crippen LogP contribution >= 0.6 is 0 Å². The summed E-state index contributed by atoms with van der Waals surface area (Å²) < 4.78 is 5.27. The van der Waals surface area contributed by atoms with Crippen LogP contribution in [0.3, 0.4) is 0 Å². The fourth-order valence-corrected chi connectivity index (χ4v) is 2.13. The van der Waals surface area contributed by atoms with E-state index in [0.717, 1.165) is 17.0 Å². The molecule has 0 aliphatic carbocycles. The van der Waals surface area contributed by atoms with E-state index in [9.17, 15) is 4.79 Å². The molecule has 0 atom stereocenters. The van der Waals surface area contributed by atoms with Gasteiger partial charge in [0.2, 0.25) is 0 Å². The molecule has 0 aliphatic heterocycles. The normalized spacial score (nSPS) is 10.6. The van der Waals surface area contributed by atoms with Crippen LogP contribution in [0.2, 0.25) is 0 Å². The van der Waals surface area contributed by atoms with Gasteiger partial charge in [0.25, 0.3) is 0 Å². The number of nitrogens with zero attached hydrogens (tertiary/aromatic N) is 1. The van der Waals surface area contributed by atoms with Gasteiger partial charge in [0.1, 0.15) is 5.75 Å². The highest BCUT2D eigenvalue weighted by atomic mass is 16.5. The van der Waals surface area contributed by atoms with Crippen LogP contribution in [-0.4, -0.2) is 27.0 Å². The van der Waals surface area contributed by atoms with Crippen molar-refractivity contribution in [2.45, 2.75) is 0 Å². The molecule has 21 heavy (non-hydrogen) atoms. The number of rotatable bonds is 5. The van der Waals surface area contributed by atoms with Crippen molar-refractivity contribution in [3.63, 3.8) is 0 Å². The monoisotopic (exact) mass is 281 g/mol. The molecule has 0 spiro atoms. The summed E-state index contributed by atoms with van der Waals surface area (Å²) in [6.07, 6.45) is 3.37. The molecule has 0 aliphatic rings. The number of anilines is 1. The molecule has 2 aromatic carbocycles. The van der Waals surface area contributed by atoms with Gasteiger partial charge in [0.05, 0.1) is 7.11 Å². The molecule has 3 heteroatoms. The number of hydrogen-bond acceptors (Lipinski definition) is 3. The first-order valence-electron chi connectivity index (χ1n) is 6.75. The van der Waals surface area contributed by atoms with Gasteiger partial charge in [-0.05, 0) is 30.4 Å². The zero-order valence-corrected chi connectivity index (χ0v) is 12.5. The predicted octanol–water partition coefficient (Wildman–Crippen LogP) is 3.66. The number of ether oxygens (including phenoxy) is 1. The first-order valence-corrected chi connectivity index (χ1v) is 6.75. The maximum Gasteiger partial charge on any atom is 0.187 e. The van der Waals surface area contributed by atoms with Gasteiger partial charge in [-0.15, -0.1) is 0 Å². The summed E-state index contributed by atoms with van der Waals surface area (Å²) in [7, 11) is 5.47. The summed E-state index contributed by atoms with van der Waals surface area (Å²) in [6.45, 7) is 0. The van der Waals surface area contributed by atoms with E-state index in [-0.39, 0.29) is 5.78 Å². The lowest BCUT2D eigenvalue weighted by atomic mass is 10.1. The number of carbonyl (C=O) groups excluding carboxylic acids is 1. The topological polar surface area (TPSA) is 29.5 Å². The molecular formula is C18H19NO2. The van der Waals surface area contributed by atoms with Gasteiger partial charge in [0, 0.05) is 30.9 Å². The van der Waals surface area contributed by atoms with Crippen molar-refractivity contribution in [3.05, 3.63) is 65.7 Å². The molecule has 0 bridgehead atoms. The first-order chi connectivity index (χ1) is 10.1. The number of ketones is 1. The van der Waals surface area contributed by atoms with Crippen molar-refractivity contribution in [2.75, 3.05) is 26.1 Å². The number of hydrogen-bond donors (Lipinski definition) is 0. The molecule has 0 unspecified atom stereocenters. The molecule has 3 nitrogen and oxygen atoms in total. The Bertz CT molecular complexity index is 660. The fourth-order valence-electron chi connectivity index (χ4n) is 2.13. The van der Waals surface area contributed by atoms with Gasteiger partial charge < -0.3 is 9.64 Å². The SMILES string of the molecule is COc1ccccc1/C=C/C(=O)c1ccccc1N(C)C. The number of carbonyl (C=O) groups is 1. The second-order valence-electron chi connectivity index (χ2n) is 4.85. The Morgan fingerprint density at radius 2 is 1.71 bits per heavy atom. The van der Waals surface area contributed by atoms with Crippen molar-refractivity contribution in [1.29, 1.82) is 0 Å². The summed E-state index contributed by atoms with van der Waals surface area (Å²) in [5.74, 6) is 0.729. The average molecular weight is 281 g/mol. The van der Waals surface area contributed by atoms with Crippen molar-refractivity contribution in [3.8, 4) is 5.75 Å². The quantitative estimate of drug-likeness (QED) is 0.619. The standard InChI is InChI=1S/C18H19NO2/c1-19(2)16-10-6-5-9-15(16)17(20)13-12-14-8-4-7-11-18(14)21-3/h4-13H,1-3H3/b13-12+. The zero-order valence-electron chi connectivity index (χ0n) is 12.5. The number of benzene rings is 2. The Morgan fingerprint density at radius 3 is 2.43 bits per heavy atom. The van der Waals surface area contributed by atoms with Gasteiger partial charge in [-0.25, -0.2) is 0 Å². The highest BCUT2D eigenvalue weighted by Gasteiger charge is 2.09. The lowest BCUT2D eigenvalue weighted by molar-refractivity contribution is 0.104. The summed E-state index contributed by atoms with van der Waals surface area (Å²) in [5, 5.41) is 0. The van der Waals surface area contributed by atoms with Gasteiger partial charge in [-0.2, -0.15) is 0 Å². The molecule has 0 amide bonds. The van der Waals surface area contributed by atoms with Crippen LogP contribution < -0.4 is 9.64 Å². The molecule has 2 rings (SSSR count). The van der Waals surface area contributed by atoms with E-state index >= 15 is 0 Å². The lowest BCUT2D eigenvalue weighted by Crippen LogP contribution is -2.13. The van der Waals surface area contributed by atoms with Gasteiger partial charge in [-0.3, -0.25) is 4.79 Å². The van der Waals surface area contributed by atoms with Crippen LogP contribution in [0.25, 0.3) is 6.08 Å². The third-order valence-electron chi connectivity index (χ3n) is 3.20. The Kier molecular flexibility index (Phi) is 4.77. The maximum absolute atomic E-state index is 12.4. The highest BCUT2D eigenvalue weighted by Crippen LogP contribution is 2.21. The Morgan fingerprint density at radius 1 is 1.05 bits per heavy atom. The molecule has 0 N–H and O–H groups in total. The number of para-hydroxylation sites is 2. The fraction of sp³-hybridized carbons (Fsp3) is 0.167. The van der Waals surface area contributed by atoms with E-state index < -0.39 is 0 Å². The van der Waals surface area contributed by atoms with Gasteiger partial charge >= 0.3 is 0 Å². The largest absolute Gasteiger partial charge is 0.496 e. The van der Waals surface area contributed by atoms with Crippen molar-refractivity contribution < 1.29 is 9.53 Å². The third-order valence-corrected chi connectivity index (χ3v) is 3.20. The van der Waals surface area contributed by atoms with E-state index in [1.807, 2.05) is 67.5 Å². The molecule has 0 heterocycles. The molecule has 2 aromatic rings. The van der Waals surface area contributed by atoms with Crippen molar-refractivity contribution >= 4 is 17.5 Å². The maximum atomic E-state index is 12.4. The Hall–Kier alpha value is -2.55. The molecule has 108 valence electrons. The van der Waals surface area contributed by atoms with Crippen LogP contribution in [0.5, 0.6) is 5.75 Å². The van der Waals surface area contributed by atoms with Crippen LogP contribution in [0, 0.1) is 0 Å². The Labute approximate surface area is 125 Å². The van der Waals surface area contributed by atoms with Crippen LogP contribution in [0.15, 0.2) is 54.6 Å². The van der Waals surface area contributed by atoms with E-state index in [2.05, 4.69) is 0 Å². The zero-order chi connectivity index (χ0) is 15.2. The predicted molar refractivity (Wildman–Crippen MR) is 87.1 cm³/mol. The third kappa shape index (κ3) is 3.51. The second-order valence-corrected chi connectivity index (χ2v) is 4.85. The molecule has 0 fully saturated rings. The van der Waals surface area contributed by atoms with Crippen molar-refractivity contribution in [1.82, 2.24) is 0 Å². The van der Waals surface area contributed by atoms with E-state index in [4.69, 9.17) is 4.74 Å². The van der Waals surface area contributed by atoms with Gasteiger partial charge in [-0.1, -0.05) is 30.3 Å². The minimum absolute atomic E-state index is 0.0230. The van der Waals surface area contributed by atoms with Crippen LogP contribution in [0.4, 0.5) is 5.69 Å². The highest BCUT2D eigenvalue weighted by molar-refractivity contribution is 6.10. The minimum atomic E-state index is -0.0230. The molecule has 0 saturated carbocycles. The van der Waals surface area contributed by atoms with E-state index in [1.54, 1.807) is 19.3 Å². The van der Waals surface area contributed by atoms with Crippen LogP contribution in [0.1, 0.15) is 15.9 Å². The molecule has 0 saturated heterocycles. The summed E-state index contributed by atoms with van der Waals surface area (Å²) in [4.78, 5) is 14.3. The van der Waals surface area contributed by atoms with E-state index in [1.165, 1.54) is 0 Å². The summed E-state index contributed by atoms with van der Waals surface area (Å²) in [6, 6.07) is 15.2. The number of allylic oxidation sites excluding steroid dienone is 1. The molecule has 0 aromatic heterocycles. The number of methoxy groups -OCH3 is 1. The lowest BCUT2D eigenvalue weighted by Gasteiger charge is -2.15. The van der Waals surface area contributed by atoms with Gasteiger partial charge in [0.15, 0.2) is 5.78 Å². The summed E-state index contributed by atoms with van der Waals surface area (Å²) >= 11 is 0. The van der Waals surface area contributed by atoms with E-state index in [0.29, 0.717) is 5.56 Å². The summed E-state index contributed by atoms with van der Waals surface area (Å²) in [5.41, 5.74) is 2.48. The smallest absolute Gasteiger partial charge is 0.187 e.